The van der Waals surface area contributed by atoms with Crippen LogP contribution in [-0.2, 0) is 7.05 Å². The molecule has 1 saturated carbocycles. The Balaban J connectivity index is 1.41. The molecule has 1 atom stereocenters. The van der Waals surface area contributed by atoms with Crippen molar-refractivity contribution in [2.24, 2.45) is 12.8 Å². The van der Waals surface area contributed by atoms with Gasteiger partial charge in [-0.1, -0.05) is 17.4 Å². The van der Waals surface area contributed by atoms with E-state index in [1.54, 1.807) is 17.8 Å². The Labute approximate surface area is 202 Å². The first-order valence-electron chi connectivity index (χ1n) is 11.7. The van der Waals surface area contributed by atoms with E-state index < -0.39 is 5.91 Å². The number of nitrogens with zero attached hydrogens (tertiary/aromatic N) is 4. The topological polar surface area (TPSA) is 115 Å². The van der Waals surface area contributed by atoms with E-state index in [4.69, 9.17) is 11.5 Å². The second kappa shape index (κ2) is 8.99. The molecule has 10 heteroatoms. The average Bonchev–Trinajstić information content (AvgIpc) is 3.53. The summed E-state index contributed by atoms with van der Waals surface area (Å²) >= 11 is 1.13. The first-order chi connectivity index (χ1) is 16.3. The van der Waals surface area contributed by atoms with Crippen LogP contribution in [-0.4, -0.2) is 39.8 Å². The fraction of sp³-hybridized carbons (Fsp3) is 0.458. The molecule has 0 unspecified atom stereocenters. The molecule has 3 aromatic rings. The van der Waals surface area contributed by atoms with Crippen molar-refractivity contribution in [3.05, 3.63) is 41.0 Å². The van der Waals surface area contributed by atoms with Crippen molar-refractivity contribution in [3.63, 3.8) is 0 Å². The summed E-state index contributed by atoms with van der Waals surface area (Å²) in [5.74, 6) is 0.557. The summed E-state index contributed by atoms with van der Waals surface area (Å²) in [5, 5.41) is 7.94. The van der Waals surface area contributed by atoms with E-state index in [0.29, 0.717) is 27.7 Å². The van der Waals surface area contributed by atoms with E-state index in [-0.39, 0.29) is 22.6 Å². The fourth-order valence-electron chi connectivity index (χ4n) is 4.63. The van der Waals surface area contributed by atoms with E-state index in [1.807, 2.05) is 19.2 Å². The van der Waals surface area contributed by atoms with Crippen LogP contribution in [0.25, 0.3) is 10.6 Å². The van der Waals surface area contributed by atoms with Crippen LogP contribution in [0.15, 0.2) is 18.3 Å². The average molecular weight is 484 g/mol. The molecule has 0 spiro atoms. The first-order valence-corrected chi connectivity index (χ1v) is 12.5. The Hall–Kier alpha value is -2.98. The van der Waals surface area contributed by atoms with Gasteiger partial charge in [-0.25, -0.2) is 9.37 Å². The van der Waals surface area contributed by atoms with Gasteiger partial charge in [-0.2, -0.15) is 5.10 Å². The number of carbonyl (C=O) groups excluding carboxylic acids is 1. The molecule has 1 saturated heterocycles. The zero-order valence-electron chi connectivity index (χ0n) is 19.5. The number of aryl methyl sites for hydroxylation is 2. The van der Waals surface area contributed by atoms with Crippen LogP contribution < -0.4 is 21.7 Å². The summed E-state index contributed by atoms with van der Waals surface area (Å²) in [7, 11) is 1.85. The number of amides is 1. The maximum absolute atomic E-state index is 15.0. The van der Waals surface area contributed by atoms with E-state index in [1.165, 1.54) is 0 Å². The zero-order valence-corrected chi connectivity index (χ0v) is 20.3. The van der Waals surface area contributed by atoms with Gasteiger partial charge in [-0.15, -0.1) is 0 Å². The number of thiazole rings is 1. The standard InChI is InChI=1S/C24H30FN7OS/c1-13-10-15(14-5-6-14)11-17(19(13)25)23-30-20(21(27)34-23)22(33)29-18-12-28-31(2)24(18)32-8-3-4-16(26)7-9-32/h10-12,14,16H,3-9,26-27H2,1-2H3,(H,29,33)/t16-/m1/s1. The Morgan fingerprint density at radius 2 is 2.03 bits per heavy atom. The molecule has 180 valence electrons. The SMILES string of the molecule is Cc1cc(C2CC2)cc(-c2nc(C(=O)Nc3cnn(C)c3N3CCC[C@@H](N)CC3)c(N)s2)c1F. The highest BCUT2D eigenvalue weighted by Gasteiger charge is 2.28. The van der Waals surface area contributed by atoms with Crippen molar-refractivity contribution in [2.45, 2.75) is 51.0 Å². The smallest absolute Gasteiger partial charge is 0.277 e. The second-order valence-electron chi connectivity index (χ2n) is 9.34. The maximum Gasteiger partial charge on any atom is 0.277 e. The summed E-state index contributed by atoms with van der Waals surface area (Å²) in [6.45, 7) is 3.40. The van der Waals surface area contributed by atoms with Gasteiger partial charge < -0.3 is 21.7 Å². The normalized spacial score (nSPS) is 18.7. The Bertz CT molecular complexity index is 1230. The number of benzene rings is 1. The molecule has 0 radical (unpaired) electrons. The molecule has 2 aromatic heterocycles. The molecule has 8 nitrogen and oxygen atoms in total. The highest BCUT2D eigenvalue weighted by Crippen LogP contribution is 2.43. The lowest BCUT2D eigenvalue weighted by molar-refractivity contribution is 0.102. The third-order valence-electron chi connectivity index (χ3n) is 6.65. The Morgan fingerprint density at radius 1 is 1.24 bits per heavy atom. The highest BCUT2D eigenvalue weighted by atomic mass is 32.1. The Kier molecular flexibility index (Phi) is 6.03. The minimum atomic E-state index is -0.434. The summed E-state index contributed by atoms with van der Waals surface area (Å²) in [6.07, 6.45) is 6.71. The summed E-state index contributed by atoms with van der Waals surface area (Å²) in [5.41, 5.74) is 15.1. The predicted octanol–water partition coefficient (Wildman–Crippen LogP) is 4.02. The van der Waals surface area contributed by atoms with Crippen molar-refractivity contribution in [1.29, 1.82) is 0 Å². The van der Waals surface area contributed by atoms with Crippen LogP contribution in [0.4, 0.5) is 20.9 Å². The summed E-state index contributed by atoms with van der Waals surface area (Å²) in [4.78, 5) is 19.8. The van der Waals surface area contributed by atoms with Crippen LogP contribution in [0.5, 0.6) is 0 Å². The third-order valence-corrected chi connectivity index (χ3v) is 7.57. The lowest BCUT2D eigenvalue weighted by Gasteiger charge is -2.24. The van der Waals surface area contributed by atoms with Crippen LogP contribution in [0, 0.1) is 12.7 Å². The van der Waals surface area contributed by atoms with E-state index in [2.05, 4.69) is 20.3 Å². The van der Waals surface area contributed by atoms with Gasteiger partial charge in [-0.05, 0) is 62.1 Å². The lowest BCUT2D eigenvalue weighted by Crippen LogP contribution is -2.29. The van der Waals surface area contributed by atoms with Gasteiger partial charge in [0, 0.05) is 31.7 Å². The number of nitrogen functional groups attached to an aromatic ring is 1. The van der Waals surface area contributed by atoms with Gasteiger partial charge in [0.1, 0.15) is 21.5 Å². The van der Waals surface area contributed by atoms with Crippen LogP contribution in [0.1, 0.15) is 59.6 Å². The minimum Gasteiger partial charge on any atom is -0.389 e. The second-order valence-corrected chi connectivity index (χ2v) is 10.4. The number of nitrogens with two attached hydrogens (primary N) is 2. The van der Waals surface area contributed by atoms with E-state index in [0.717, 1.165) is 67.9 Å². The van der Waals surface area contributed by atoms with Crippen LogP contribution >= 0.6 is 11.3 Å². The highest BCUT2D eigenvalue weighted by molar-refractivity contribution is 7.19. The summed E-state index contributed by atoms with van der Waals surface area (Å²) in [6, 6.07) is 3.94. The number of halogens is 1. The van der Waals surface area contributed by atoms with Gasteiger partial charge in [0.05, 0.1) is 6.20 Å². The molecule has 1 aromatic carbocycles. The number of nitrogens with one attached hydrogen (secondary N) is 1. The van der Waals surface area contributed by atoms with Gasteiger partial charge >= 0.3 is 0 Å². The quantitative estimate of drug-likeness (QED) is 0.505. The predicted molar refractivity (Wildman–Crippen MR) is 134 cm³/mol. The molecule has 3 heterocycles. The van der Waals surface area contributed by atoms with Crippen LogP contribution in [0.3, 0.4) is 0 Å². The molecule has 1 aliphatic carbocycles. The van der Waals surface area contributed by atoms with Crippen molar-refractivity contribution < 1.29 is 9.18 Å². The monoisotopic (exact) mass is 483 g/mol. The van der Waals surface area contributed by atoms with Gasteiger partial charge in [-0.3, -0.25) is 9.48 Å². The minimum absolute atomic E-state index is 0.0987. The number of rotatable bonds is 5. The van der Waals surface area contributed by atoms with Crippen LogP contribution in [0.2, 0.25) is 0 Å². The van der Waals surface area contributed by atoms with Crippen molar-refractivity contribution in [3.8, 4) is 10.6 Å². The van der Waals surface area contributed by atoms with Gasteiger partial charge in [0.15, 0.2) is 11.5 Å². The van der Waals surface area contributed by atoms with Gasteiger partial charge in [0.25, 0.3) is 5.91 Å². The number of hydrogen-bond donors (Lipinski definition) is 3. The van der Waals surface area contributed by atoms with E-state index in [9.17, 15) is 9.18 Å². The first kappa shape index (κ1) is 22.8. The molecule has 2 fully saturated rings. The third kappa shape index (κ3) is 4.39. The molecule has 2 aliphatic rings. The number of anilines is 3. The molecule has 5 N–H and O–H groups in total. The molecule has 1 amide bonds. The number of aromatic nitrogens is 3. The fourth-order valence-corrected chi connectivity index (χ4v) is 5.46. The maximum atomic E-state index is 15.0. The number of hydrogen-bond acceptors (Lipinski definition) is 7. The molecule has 5 rings (SSSR count). The van der Waals surface area contributed by atoms with Crippen molar-refractivity contribution in [1.82, 2.24) is 14.8 Å². The summed E-state index contributed by atoms with van der Waals surface area (Å²) < 4.78 is 16.7. The van der Waals surface area contributed by atoms with E-state index >= 15 is 0 Å². The van der Waals surface area contributed by atoms with Crippen molar-refractivity contribution in [2.75, 3.05) is 29.0 Å². The molecular weight excluding hydrogens is 453 g/mol. The zero-order chi connectivity index (χ0) is 24.0. The largest absolute Gasteiger partial charge is 0.389 e. The molecule has 34 heavy (non-hydrogen) atoms. The lowest BCUT2D eigenvalue weighted by atomic mass is 10.0. The number of carbonyl (C=O) groups is 1. The Morgan fingerprint density at radius 3 is 2.79 bits per heavy atom. The van der Waals surface area contributed by atoms with Crippen molar-refractivity contribution >= 4 is 33.8 Å². The van der Waals surface area contributed by atoms with Gasteiger partial charge in [0.2, 0.25) is 0 Å². The molecule has 1 aliphatic heterocycles. The molecule has 0 bridgehead atoms. The molecular formula is C24H30FN7OS.